The second-order valence-corrected chi connectivity index (χ2v) is 7.83. The maximum Gasteiger partial charge on any atom is 0.244 e. The molecule has 3 rings (SSSR count). The summed E-state index contributed by atoms with van der Waals surface area (Å²) in [5.74, 6) is -0.0853. The number of rotatable bonds is 7. The molecular formula is C23H21ClN2OS. The van der Waals surface area contributed by atoms with Crippen molar-refractivity contribution in [1.29, 1.82) is 0 Å². The van der Waals surface area contributed by atoms with Crippen LogP contribution in [0.5, 0.6) is 0 Å². The maximum absolute atomic E-state index is 12.3. The van der Waals surface area contributed by atoms with Gasteiger partial charge in [-0.05, 0) is 72.5 Å². The van der Waals surface area contributed by atoms with E-state index in [2.05, 4.69) is 16.4 Å². The predicted octanol–water partition coefficient (Wildman–Crippen LogP) is 5.65. The number of nitrogens with one attached hydrogen (secondary N) is 1. The van der Waals surface area contributed by atoms with E-state index in [0.717, 1.165) is 37.9 Å². The van der Waals surface area contributed by atoms with E-state index in [-0.39, 0.29) is 5.91 Å². The Morgan fingerprint density at radius 2 is 1.79 bits per heavy atom. The van der Waals surface area contributed by atoms with Crippen LogP contribution < -0.4 is 5.32 Å². The van der Waals surface area contributed by atoms with Gasteiger partial charge in [0.1, 0.15) is 0 Å². The molecule has 1 N–H and O–H groups in total. The molecule has 0 fully saturated rings. The molecule has 0 saturated carbocycles. The lowest BCUT2D eigenvalue weighted by Gasteiger charge is -2.10. The van der Waals surface area contributed by atoms with Gasteiger partial charge >= 0.3 is 0 Å². The first kappa shape index (κ1) is 20.2. The summed E-state index contributed by atoms with van der Waals surface area (Å²) in [6.45, 7) is 2.55. The van der Waals surface area contributed by atoms with Crippen molar-refractivity contribution in [3.05, 3.63) is 95.3 Å². The van der Waals surface area contributed by atoms with E-state index in [1.165, 1.54) is 0 Å². The Morgan fingerprint density at radius 1 is 1.07 bits per heavy atom. The van der Waals surface area contributed by atoms with E-state index < -0.39 is 0 Å². The van der Waals surface area contributed by atoms with Gasteiger partial charge in [0.15, 0.2) is 0 Å². The molecule has 0 aliphatic rings. The first-order valence-electron chi connectivity index (χ1n) is 8.99. The van der Waals surface area contributed by atoms with Crippen molar-refractivity contribution < 1.29 is 4.79 Å². The second-order valence-electron chi connectivity index (χ2n) is 6.28. The van der Waals surface area contributed by atoms with Gasteiger partial charge in [-0.3, -0.25) is 9.78 Å². The highest BCUT2D eigenvalue weighted by molar-refractivity contribution is 7.99. The minimum Gasteiger partial charge on any atom is -0.352 e. The molecule has 1 aromatic heterocycles. The molecule has 3 aromatic rings. The van der Waals surface area contributed by atoms with Crippen LogP contribution in [0.3, 0.4) is 0 Å². The average molecular weight is 409 g/mol. The zero-order valence-electron chi connectivity index (χ0n) is 15.6. The normalized spacial score (nSPS) is 11.3. The number of amides is 1. The predicted molar refractivity (Wildman–Crippen MR) is 117 cm³/mol. The molecule has 0 aliphatic heterocycles. The van der Waals surface area contributed by atoms with Gasteiger partial charge in [-0.15, -0.1) is 0 Å². The SMILES string of the molecule is CC(=CC(=O)NCCc1ccncc1)c1ccccc1Sc1ccc(Cl)cc1. The van der Waals surface area contributed by atoms with Crippen LogP contribution in [0, 0.1) is 0 Å². The van der Waals surface area contributed by atoms with Crippen LogP contribution in [0.4, 0.5) is 0 Å². The Labute approximate surface area is 174 Å². The number of aromatic nitrogens is 1. The standard InChI is InChI=1S/C23H21ClN2OS/c1-17(16-23(27)26-15-12-18-10-13-25-14-11-18)21-4-2-3-5-22(21)28-20-8-6-19(24)7-9-20/h2-11,13-14,16H,12,15H2,1H3,(H,26,27). The van der Waals surface area contributed by atoms with Gasteiger partial charge in [0.05, 0.1) is 0 Å². The summed E-state index contributed by atoms with van der Waals surface area (Å²) in [4.78, 5) is 18.5. The van der Waals surface area contributed by atoms with Gasteiger partial charge in [0.25, 0.3) is 0 Å². The fourth-order valence-corrected chi connectivity index (χ4v) is 3.85. The van der Waals surface area contributed by atoms with Crippen molar-refractivity contribution in [3.63, 3.8) is 0 Å². The Morgan fingerprint density at radius 3 is 2.54 bits per heavy atom. The zero-order chi connectivity index (χ0) is 19.8. The number of pyridine rings is 1. The van der Waals surface area contributed by atoms with E-state index in [1.54, 1.807) is 30.2 Å². The number of halogens is 1. The topological polar surface area (TPSA) is 42.0 Å². The molecule has 0 unspecified atom stereocenters. The lowest BCUT2D eigenvalue weighted by molar-refractivity contribution is -0.116. The highest BCUT2D eigenvalue weighted by Gasteiger charge is 2.08. The molecule has 2 aromatic carbocycles. The molecule has 0 radical (unpaired) electrons. The van der Waals surface area contributed by atoms with E-state index in [0.29, 0.717) is 6.54 Å². The summed E-state index contributed by atoms with van der Waals surface area (Å²) >= 11 is 7.62. The summed E-state index contributed by atoms with van der Waals surface area (Å²) < 4.78 is 0. The molecule has 0 bridgehead atoms. The Bertz CT molecular complexity index is 956. The van der Waals surface area contributed by atoms with E-state index in [4.69, 9.17) is 11.6 Å². The highest BCUT2D eigenvalue weighted by atomic mass is 35.5. The summed E-state index contributed by atoms with van der Waals surface area (Å²) in [6, 6.07) is 19.8. The van der Waals surface area contributed by atoms with E-state index in [1.807, 2.05) is 61.5 Å². The van der Waals surface area contributed by atoms with Crippen molar-refractivity contribution in [2.24, 2.45) is 0 Å². The minimum atomic E-state index is -0.0853. The molecule has 3 nitrogen and oxygen atoms in total. The van der Waals surface area contributed by atoms with Crippen LogP contribution in [0.2, 0.25) is 5.02 Å². The van der Waals surface area contributed by atoms with Crippen molar-refractivity contribution >= 4 is 34.8 Å². The first-order valence-corrected chi connectivity index (χ1v) is 10.2. The monoisotopic (exact) mass is 408 g/mol. The molecule has 1 amide bonds. The van der Waals surface area contributed by atoms with Gasteiger partial charge < -0.3 is 5.32 Å². The molecule has 1 heterocycles. The summed E-state index contributed by atoms with van der Waals surface area (Å²) in [5, 5.41) is 3.67. The molecule has 0 aliphatic carbocycles. The largest absolute Gasteiger partial charge is 0.352 e. The number of carbonyl (C=O) groups is 1. The first-order chi connectivity index (χ1) is 13.6. The van der Waals surface area contributed by atoms with Crippen molar-refractivity contribution in [3.8, 4) is 0 Å². The van der Waals surface area contributed by atoms with Crippen molar-refractivity contribution in [2.45, 2.75) is 23.1 Å². The molecule has 0 saturated heterocycles. The Kier molecular flexibility index (Phi) is 7.29. The molecular weight excluding hydrogens is 388 g/mol. The molecule has 5 heteroatoms. The number of hydrogen-bond donors (Lipinski definition) is 1. The Balaban J connectivity index is 1.65. The zero-order valence-corrected chi connectivity index (χ0v) is 17.1. The summed E-state index contributed by atoms with van der Waals surface area (Å²) in [7, 11) is 0. The number of benzene rings is 2. The van der Waals surface area contributed by atoms with E-state index in [9.17, 15) is 4.79 Å². The quantitative estimate of drug-likeness (QED) is 0.514. The van der Waals surface area contributed by atoms with Crippen molar-refractivity contribution in [2.75, 3.05) is 6.54 Å². The summed E-state index contributed by atoms with van der Waals surface area (Å²) in [6.07, 6.45) is 5.96. The minimum absolute atomic E-state index is 0.0853. The third-order valence-electron chi connectivity index (χ3n) is 4.16. The van der Waals surface area contributed by atoms with Gasteiger partial charge in [0, 0.05) is 39.8 Å². The fraction of sp³-hybridized carbons (Fsp3) is 0.130. The lowest BCUT2D eigenvalue weighted by Crippen LogP contribution is -2.23. The average Bonchev–Trinajstić information content (AvgIpc) is 2.71. The molecule has 142 valence electrons. The van der Waals surface area contributed by atoms with Crippen LogP contribution >= 0.6 is 23.4 Å². The highest BCUT2D eigenvalue weighted by Crippen LogP contribution is 2.34. The van der Waals surface area contributed by atoms with E-state index >= 15 is 0 Å². The maximum atomic E-state index is 12.3. The molecule has 0 atom stereocenters. The van der Waals surface area contributed by atoms with Gasteiger partial charge in [-0.2, -0.15) is 0 Å². The number of carbonyl (C=O) groups excluding carboxylic acids is 1. The van der Waals surface area contributed by atoms with Gasteiger partial charge in [-0.25, -0.2) is 0 Å². The number of allylic oxidation sites excluding steroid dienone is 1. The third kappa shape index (κ3) is 5.98. The number of nitrogens with zero attached hydrogens (tertiary/aromatic N) is 1. The van der Waals surface area contributed by atoms with Gasteiger partial charge in [0.2, 0.25) is 5.91 Å². The second kappa shape index (κ2) is 10.1. The van der Waals surface area contributed by atoms with Crippen LogP contribution in [0.15, 0.2) is 88.9 Å². The van der Waals surface area contributed by atoms with Crippen molar-refractivity contribution in [1.82, 2.24) is 10.3 Å². The van der Waals surface area contributed by atoms with Crippen LogP contribution in [0.25, 0.3) is 5.57 Å². The van der Waals surface area contributed by atoms with Crippen LogP contribution in [-0.4, -0.2) is 17.4 Å². The fourth-order valence-electron chi connectivity index (χ4n) is 2.72. The third-order valence-corrected chi connectivity index (χ3v) is 5.50. The van der Waals surface area contributed by atoms with Crippen LogP contribution in [0.1, 0.15) is 18.1 Å². The summed E-state index contributed by atoms with van der Waals surface area (Å²) in [5.41, 5.74) is 3.13. The molecule has 0 spiro atoms. The lowest BCUT2D eigenvalue weighted by atomic mass is 10.1. The van der Waals surface area contributed by atoms with Gasteiger partial charge in [-0.1, -0.05) is 41.6 Å². The smallest absolute Gasteiger partial charge is 0.244 e. The Hall–Kier alpha value is -2.56. The number of hydrogen-bond acceptors (Lipinski definition) is 3. The molecule has 28 heavy (non-hydrogen) atoms. The van der Waals surface area contributed by atoms with Crippen LogP contribution in [-0.2, 0) is 11.2 Å².